The molecule has 0 saturated heterocycles. The lowest BCUT2D eigenvalue weighted by Gasteiger charge is -2.08. The zero-order chi connectivity index (χ0) is 18.9. The predicted molar refractivity (Wildman–Crippen MR) is 104 cm³/mol. The highest BCUT2D eigenvalue weighted by Crippen LogP contribution is 2.18. The molecule has 7 nitrogen and oxygen atoms in total. The summed E-state index contributed by atoms with van der Waals surface area (Å²) < 4.78 is 7.31. The maximum absolute atomic E-state index is 12.1. The Morgan fingerprint density at radius 3 is 2.81 bits per heavy atom. The van der Waals surface area contributed by atoms with Crippen LogP contribution in [0.3, 0.4) is 0 Å². The monoisotopic (exact) mass is 383 g/mol. The molecule has 2 heterocycles. The molecule has 0 saturated carbocycles. The molecule has 0 unspecified atom stereocenters. The topological polar surface area (TPSA) is 81.9 Å². The normalized spacial score (nSPS) is 10.6. The van der Waals surface area contributed by atoms with Gasteiger partial charge in [0.15, 0.2) is 5.16 Å². The molecule has 1 N–H and O–H groups in total. The smallest absolute Gasteiger partial charge is 0.230 e. The van der Waals surface area contributed by atoms with E-state index in [1.807, 2.05) is 42.5 Å². The fraction of sp³-hybridized carbons (Fsp3) is 0.263. The van der Waals surface area contributed by atoms with Crippen molar-refractivity contribution in [1.29, 1.82) is 0 Å². The Kier molecular flexibility index (Phi) is 6.81. The number of hydrogen-bond acceptors (Lipinski definition) is 6. The van der Waals surface area contributed by atoms with Gasteiger partial charge >= 0.3 is 0 Å². The van der Waals surface area contributed by atoms with Crippen LogP contribution in [0.5, 0.6) is 5.75 Å². The van der Waals surface area contributed by atoms with Gasteiger partial charge in [0.05, 0.1) is 12.4 Å². The molecule has 140 valence electrons. The van der Waals surface area contributed by atoms with Crippen molar-refractivity contribution in [1.82, 2.24) is 25.1 Å². The molecule has 0 fully saturated rings. The molecule has 1 amide bonds. The summed E-state index contributed by atoms with van der Waals surface area (Å²) in [6.07, 6.45) is 4.27. The van der Waals surface area contributed by atoms with Crippen molar-refractivity contribution in [2.75, 3.05) is 12.4 Å². The van der Waals surface area contributed by atoms with Crippen LogP contribution in [-0.4, -0.2) is 38.0 Å². The molecule has 0 bridgehead atoms. The number of rotatable bonds is 9. The summed E-state index contributed by atoms with van der Waals surface area (Å²) in [5.41, 5.74) is 1.02. The second-order valence-corrected chi connectivity index (χ2v) is 6.67. The van der Waals surface area contributed by atoms with Crippen LogP contribution >= 0.6 is 11.8 Å². The maximum atomic E-state index is 12.1. The highest BCUT2D eigenvalue weighted by molar-refractivity contribution is 7.99. The first kappa shape index (κ1) is 18.9. The van der Waals surface area contributed by atoms with E-state index in [9.17, 15) is 4.79 Å². The van der Waals surface area contributed by atoms with Crippen molar-refractivity contribution >= 4 is 17.7 Å². The van der Waals surface area contributed by atoms with E-state index >= 15 is 0 Å². The number of nitrogens with zero attached hydrogens (tertiary/aromatic N) is 4. The van der Waals surface area contributed by atoms with Crippen LogP contribution in [0.25, 0.3) is 5.82 Å². The van der Waals surface area contributed by atoms with Crippen LogP contribution in [0.4, 0.5) is 0 Å². The summed E-state index contributed by atoms with van der Waals surface area (Å²) in [4.78, 5) is 16.4. The van der Waals surface area contributed by atoms with Crippen LogP contribution in [0, 0.1) is 0 Å². The van der Waals surface area contributed by atoms with Crippen LogP contribution in [-0.2, 0) is 11.3 Å². The number of amides is 1. The second kappa shape index (κ2) is 9.72. The van der Waals surface area contributed by atoms with E-state index in [2.05, 4.69) is 27.4 Å². The molecule has 0 aliphatic heterocycles. The summed E-state index contributed by atoms with van der Waals surface area (Å²) in [6, 6.07) is 13.3. The van der Waals surface area contributed by atoms with Crippen LogP contribution in [0.2, 0.25) is 0 Å². The van der Waals surface area contributed by atoms with E-state index < -0.39 is 0 Å². The third kappa shape index (κ3) is 5.55. The SMILES string of the molecule is CCCOc1ccc(CNC(=O)CSc2nncn2-c2ccccn2)cc1. The number of carbonyl (C=O) groups excluding carboxylic acids is 1. The molecule has 0 atom stereocenters. The average molecular weight is 383 g/mol. The molecule has 0 spiro atoms. The largest absolute Gasteiger partial charge is 0.494 e. The zero-order valence-electron chi connectivity index (χ0n) is 15.0. The lowest BCUT2D eigenvalue weighted by molar-refractivity contribution is -0.118. The summed E-state index contributed by atoms with van der Waals surface area (Å²) in [5.74, 6) is 1.75. The van der Waals surface area contributed by atoms with Crippen molar-refractivity contribution in [3.8, 4) is 11.6 Å². The molecule has 2 aromatic heterocycles. The second-order valence-electron chi connectivity index (χ2n) is 5.73. The Morgan fingerprint density at radius 2 is 2.07 bits per heavy atom. The number of pyridine rings is 1. The van der Waals surface area contributed by atoms with Crippen molar-refractivity contribution < 1.29 is 9.53 Å². The predicted octanol–water partition coefficient (Wildman–Crippen LogP) is 2.86. The Bertz CT molecular complexity index is 852. The number of carbonyl (C=O) groups is 1. The lowest BCUT2D eigenvalue weighted by atomic mass is 10.2. The van der Waals surface area contributed by atoms with Gasteiger partial charge in [-0.3, -0.25) is 9.36 Å². The van der Waals surface area contributed by atoms with Gasteiger partial charge < -0.3 is 10.1 Å². The van der Waals surface area contributed by atoms with E-state index in [1.165, 1.54) is 11.8 Å². The number of ether oxygens (including phenoxy) is 1. The zero-order valence-corrected chi connectivity index (χ0v) is 15.9. The molecule has 3 rings (SSSR count). The van der Waals surface area contributed by atoms with Crippen molar-refractivity contribution in [3.63, 3.8) is 0 Å². The molecular weight excluding hydrogens is 362 g/mol. The third-order valence-electron chi connectivity index (χ3n) is 3.63. The number of hydrogen-bond donors (Lipinski definition) is 1. The van der Waals surface area contributed by atoms with E-state index in [-0.39, 0.29) is 11.7 Å². The van der Waals surface area contributed by atoms with E-state index in [0.29, 0.717) is 18.3 Å². The summed E-state index contributed by atoms with van der Waals surface area (Å²) in [7, 11) is 0. The van der Waals surface area contributed by atoms with Crippen molar-refractivity contribution in [2.45, 2.75) is 25.0 Å². The minimum atomic E-state index is -0.0677. The van der Waals surface area contributed by atoms with Crippen LogP contribution < -0.4 is 10.1 Å². The van der Waals surface area contributed by atoms with Gasteiger partial charge in [0.25, 0.3) is 0 Å². The van der Waals surface area contributed by atoms with Gasteiger partial charge in [-0.2, -0.15) is 0 Å². The van der Waals surface area contributed by atoms with E-state index in [4.69, 9.17) is 4.74 Å². The van der Waals surface area contributed by atoms with Gasteiger partial charge in [-0.1, -0.05) is 36.9 Å². The number of thioether (sulfide) groups is 1. The minimum Gasteiger partial charge on any atom is -0.494 e. The first-order valence-electron chi connectivity index (χ1n) is 8.69. The van der Waals surface area contributed by atoms with Crippen LogP contribution in [0.15, 0.2) is 60.1 Å². The standard InChI is InChI=1S/C19H21N5O2S/c1-2-11-26-16-8-6-15(7-9-16)12-21-18(25)13-27-19-23-22-14-24(19)17-5-3-4-10-20-17/h3-10,14H,2,11-13H2,1H3,(H,21,25). The van der Waals surface area contributed by atoms with E-state index in [0.717, 1.165) is 23.6 Å². The van der Waals surface area contributed by atoms with Crippen molar-refractivity contribution in [3.05, 3.63) is 60.6 Å². The Labute approximate surface area is 162 Å². The van der Waals surface area contributed by atoms with Gasteiger partial charge in [-0.05, 0) is 36.2 Å². The summed E-state index contributed by atoms with van der Waals surface area (Å²) in [5, 5.41) is 11.5. The Morgan fingerprint density at radius 1 is 1.22 bits per heavy atom. The van der Waals surface area contributed by atoms with Crippen molar-refractivity contribution in [2.24, 2.45) is 0 Å². The van der Waals surface area contributed by atoms with Crippen LogP contribution in [0.1, 0.15) is 18.9 Å². The fourth-order valence-corrected chi connectivity index (χ4v) is 3.03. The quantitative estimate of drug-likeness (QED) is 0.572. The molecule has 0 aliphatic carbocycles. The highest BCUT2D eigenvalue weighted by Gasteiger charge is 2.10. The molecule has 0 radical (unpaired) electrons. The molecule has 27 heavy (non-hydrogen) atoms. The molecular formula is C19H21N5O2S. The van der Waals surface area contributed by atoms with Gasteiger partial charge in [-0.25, -0.2) is 4.98 Å². The van der Waals surface area contributed by atoms with Gasteiger partial charge in [0, 0.05) is 12.7 Å². The summed E-state index contributed by atoms with van der Waals surface area (Å²) in [6.45, 7) is 3.25. The first-order valence-corrected chi connectivity index (χ1v) is 9.67. The summed E-state index contributed by atoms with van der Waals surface area (Å²) >= 11 is 1.32. The molecule has 0 aliphatic rings. The third-order valence-corrected chi connectivity index (χ3v) is 4.57. The molecule has 3 aromatic rings. The fourth-order valence-electron chi connectivity index (χ4n) is 2.28. The molecule has 1 aromatic carbocycles. The van der Waals surface area contributed by atoms with Gasteiger partial charge in [-0.15, -0.1) is 10.2 Å². The maximum Gasteiger partial charge on any atom is 0.230 e. The molecule has 8 heteroatoms. The number of benzene rings is 1. The van der Waals surface area contributed by atoms with E-state index in [1.54, 1.807) is 17.1 Å². The van der Waals surface area contributed by atoms with Gasteiger partial charge in [0.1, 0.15) is 17.9 Å². The first-order chi connectivity index (χ1) is 13.3. The lowest BCUT2D eigenvalue weighted by Crippen LogP contribution is -2.24. The minimum absolute atomic E-state index is 0.0677. The highest BCUT2D eigenvalue weighted by atomic mass is 32.2. The Balaban J connectivity index is 1.47. The number of nitrogens with one attached hydrogen (secondary N) is 1. The van der Waals surface area contributed by atoms with Gasteiger partial charge in [0.2, 0.25) is 5.91 Å². The average Bonchev–Trinajstić information content (AvgIpc) is 3.19. The Hall–Kier alpha value is -2.87. The number of aromatic nitrogens is 4.